The van der Waals surface area contributed by atoms with E-state index in [4.69, 9.17) is 8.22 Å². The maximum absolute atomic E-state index is 13.0. The summed E-state index contributed by atoms with van der Waals surface area (Å²) in [7, 11) is 1.79. The molecule has 0 spiro atoms. The van der Waals surface area contributed by atoms with Crippen LogP contribution in [-0.4, -0.2) is 43.7 Å². The first-order valence-corrected chi connectivity index (χ1v) is 10.5. The SMILES string of the molecule is [2H]C([2H])([2H])CC(=O)c1cnc(NC(=O)C2CC2)cc1Nc1nccc2c1N(C)[C@@H](C)c1nn(C([2H])([2H])[2H])nc1-2. The number of amides is 1. The maximum atomic E-state index is 13.0. The number of Topliss-reactive ketones (excluding diaryl/α,β-unsaturated/α-hetero) is 1. The van der Waals surface area contributed by atoms with E-state index in [1.165, 1.54) is 18.5 Å². The molecule has 0 bridgehead atoms. The van der Waals surface area contributed by atoms with Gasteiger partial charge in [0.25, 0.3) is 0 Å². The minimum absolute atomic E-state index is 0.0236. The summed E-state index contributed by atoms with van der Waals surface area (Å²) in [6, 6.07) is 2.79. The Hall–Kier alpha value is -3.82. The smallest absolute Gasteiger partial charge is 0.228 e. The lowest BCUT2D eigenvalue weighted by atomic mass is 9.98. The second-order valence-corrected chi connectivity index (χ2v) is 8.17. The number of carbonyl (C=O) groups is 2. The number of aromatic nitrogens is 5. The molecule has 3 aromatic heterocycles. The van der Waals surface area contributed by atoms with Crippen LogP contribution < -0.4 is 15.5 Å². The molecule has 1 saturated carbocycles. The molecular formula is C23H26N8O2. The minimum atomic E-state index is -2.56. The topological polar surface area (TPSA) is 118 Å². The molecule has 3 aromatic rings. The third-order valence-corrected chi connectivity index (χ3v) is 5.97. The fourth-order valence-corrected chi connectivity index (χ4v) is 3.91. The summed E-state index contributed by atoms with van der Waals surface area (Å²) in [5.41, 5.74) is 2.26. The number of carbonyl (C=O) groups excluding carboxylic acids is 2. The molecule has 0 radical (unpaired) electrons. The lowest BCUT2D eigenvalue weighted by Crippen LogP contribution is -2.27. The van der Waals surface area contributed by atoms with Crippen LogP contribution in [0.2, 0.25) is 0 Å². The van der Waals surface area contributed by atoms with Crippen molar-refractivity contribution in [2.45, 2.75) is 39.1 Å². The largest absolute Gasteiger partial charge is 0.363 e. The van der Waals surface area contributed by atoms with E-state index in [9.17, 15) is 9.59 Å². The first-order valence-electron chi connectivity index (χ1n) is 13.5. The molecule has 10 nitrogen and oxygen atoms in total. The van der Waals surface area contributed by atoms with Gasteiger partial charge in [-0.2, -0.15) is 15.0 Å². The van der Waals surface area contributed by atoms with Gasteiger partial charge in [-0.3, -0.25) is 9.59 Å². The van der Waals surface area contributed by atoms with Crippen molar-refractivity contribution in [2.24, 2.45) is 12.9 Å². The van der Waals surface area contributed by atoms with Gasteiger partial charge in [-0.15, -0.1) is 0 Å². The number of anilines is 4. The van der Waals surface area contributed by atoms with Gasteiger partial charge in [0.05, 0.1) is 23.0 Å². The van der Waals surface area contributed by atoms with E-state index >= 15 is 0 Å². The Morgan fingerprint density at radius 3 is 2.88 bits per heavy atom. The molecule has 10 heteroatoms. The molecule has 2 N–H and O–H groups in total. The predicted octanol–water partition coefficient (Wildman–Crippen LogP) is 3.47. The van der Waals surface area contributed by atoms with Crippen LogP contribution in [0.25, 0.3) is 11.3 Å². The van der Waals surface area contributed by atoms with Crippen LogP contribution in [-0.2, 0) is 11.8 Å². The Morgan fingerprint density at radius 2 is 2.12 bits per heavy atom. The van der Waals surface area contributed by atoms with Crippen molar-refractivity contribution in [1.29, 1.82) is 0 Å². The van der Waals surface area contributed by atoms with Crippen molar-refractivity contribution < 1.29 is 17.8 Å². The fraction of sp³-hybridized carbons (Fsp3) is 0.391. The first kappa shape index (κ1) is 15.1. The predicted molar refractivity (Wildman–Crippen MR) is 125 cm³/mol. The molecule has 33 heavy (non-hydrogen) atoms. The van der Waals surface area contributed by atoms with Gasteiger partial charge >= 0.3 is 0 Å². The van der Waals surface area contributed by atoms with E-state index in [1.807, 2.05) is 11.8 Å². The normalized spacial score (nSPS) is 20.2. The second kappa shape index (κ2) is 7.95. The van der Waals surface area contributed by atoms with E-state index < -0.39 is 26.0 Å². The molecule has 0 unspecified atom stereocenters. The summed E-state index contributed by atoms with van der Waals surface area (Å²) in [5, 5.41) is 14.3. The van der Waals surface area contributed by atoms with Gasteiger partial charge in [0.2, 0.25) is 5.91 Å². The summed E-state index contributed by atoms with van der Waals surface area (Å²) >= 11 is 0. The van der Waals surface area contributed by atoms with E-state index in [2.05, 4.69) is 30.8 Å². The number of nitrogens with one attached hydrogen (secondary N) is 2. The highest BCUT2D eigenvalue weighted by molar-refractivity contribution is 6.03. The zero-order valence-corrected chi connectivity index (χ0v) is 18.1. The summed E-state index contributed by atoms with van der Waals surface area (Å²) in [5.74, 6) is -0.391. The molecule has 5 rings (SSSR count). The van der Waals surface area contributed by atoms with Gasteiger partial charge in [-0.05, 0) is 25.8 Å². The molecular weight excluding hydrogens is 420 g/mol. The van der Waals surface area contributed by atoms with Crippen LogP contribution in [0, 0.1) is 5.92 Å². The lowest BCUT2D eigenvalue weighted by molar-refractivity contribution is -0.117. The Bertz CT molecular complexity index is 1460. The summed E-state index contributed by atoms with van der Waals surface area (Å²) < 4.78 is 45.6. The highest BCUT2D eigenvalue weighted by Crippen LogP contribution is 2.45. The monoisotopic (exact) mass is 452 g/mol. The highest BCUT2D eigenvalue weighted by atomic mass is 16.2. The van der Waals surface area contributed by atoms with E-state index in [0.717, 1.165) is 12.8 Å². The van der Waals surface area contributed by atoms with E-state index in [1.54, 1.807) is 13.1 Å². The van der Waals surface area contributed by atoms with Gasteiger partial charge < -0.3 is 15.5 Å². The Morgan fingerprint density at radius 1 is 1.27 bits per heavy atom. The standard InChI is InChI=1S/C23H26N8O2/c1-5-17(32)15-11-25-18(27-23(33)13-6-7-13)10-16(15)26-22-21-14(8-9-24-22)20-19(12(2)30(21)3)28-31(4)29-20/h8-13H,5-7H2,1-4H3,(H2,24,25,26,27,33)/t12-/m0/s1/i1D3,4D3. The quantitative estimate of drug-likeness (QED) is 0.546. The van der Waals surface area contributed by atoms with Gasteiger partial charge in [-0.1, -0.05) is 6.85 Å². The molecule has 1 amide bonds. The summed E-state index contributed by atoms with van der Waals surface area (Å²) in [6.07, 6.45) is 3.64. The third-order valence-electron chi connectivity index (χ3n) is 5.97. The molecule has 1 atom stereocenters. The van der Waals surface area contributed by atoms with Crippen LogP contribution in [0.5, 0.6) is 0 Å². The number of hydrogen-bond donors (Lipinski definition) is 2. The molecule has 0 aromatic carbocycles. The molecule has 0 saturated heterocycles. The van der Waals surface area contributed by atoms with Gasteiger partial charge in [0.15, 0.2) is 11.6 Å². The van der Waals surface area contributed by atoms with Crippen LogP contribution >= 0.6 is 0 Å². The number of nitrogens with zero attached hydrogens (tertiary/aromatic N) is 6. The fourth-order valence-electron chi connectivity index (χ4n) is 3.91. The van der Waals surface area contributed by atoms with Gasteiger partial charge in [0, 0.05) is 58.6 Å². The number of ketones is 1. The lowest BCUT2D eigenvalue weighted by Gasteiger charge is -2.33. The number of rotatable bonds is 6. The Labute approximate surface area is 199 Å². The van der Waals surface area contributed by atoms with Crippen molar-refractivity contribution in [3.8, 4) is 11.3 Å². The van der Waals surface area contributed by atoms with Crippen molar-refractivity contribution in [2.75, 3.05) is 22.6 Å². The number of fused-ring (bicyclic) bond motifs is 3. The minimum Gasteiger partial charge on any atom is -0.363 e. The van der Waals surface area contributed by atoms with Gasteiger partial charge in [0.1, 0.15) is 17.2 Å². The average molecular weight is 453 g/mol. The van der Waals surface area contributed by atoms with Crippen molar-refractivity contribution in [3.05, 3.63) is 35.8 Å². The Kier molecular flexibility index (Phi) is 3.64. The second-order valence-electron chi connectivity index (χ2n) is 8.17. The van der Waals surface area contributed by atoms with E-state index in [-0.39, 0.29) is 34.9 Å². The number of hydrogen-bond acceptors (Lipinski definition) is 8. The first-order chi connectivity index (χ1) is 18.2. The maximum Gasteiger partial charge on any atom is 0.228 e. The van der Waals surface area contributed by atoms with Crippen molar-refractivity contribution in [1.82, 2.24) is 25.0 Å². The van der Waals surface area contributed by atoms with Crippen LogP contribution in [0.15, 0.2) is 24.5 Å². The molecule has 1 aliphatic carbocycles. The van der Waals surface area contributed by atoms with Crippen molar-refractivity contribution >= 4 is 34.7 Å². The zero-order valence-electron chi connectivity index (χ0n) is 24.1. The molecule has 4 heterocycles. The third kappa shape index (κ3) is 3.71. The molecule has 170 valence electrons. The molecule has 2 aliphatic rings. The zero-order chi connectivity index (χ0) is 28.3. The summed E-state index contributed by atoms with van der Waals surface area (Å²) in [6.45, 7) is -3.20. The Balaban J connectivity index is 1.57. The summed E-state index contributed by atoms with van der Waals surface area (Å²) in [4.78, 5) is 36.5. The van der Waals surface area contributed by atoms with Crippen LogP contribution in [0.1, 0.15) is 63.4 Å². The van der Waals surface area contributed by atoms with Crippen molar-refractivity contribution in [3.63, 3.8) is 0 Å². The van der Waals surface area contributed by atoms with Crippen LogP contribution in [0.4, 0.5) is 23.0 Å². The van der Waals surface area contributed by atoms with Gasteiger partial charge in [-0.25, -0.2) is 9.97 Å². The van der Waals surface area contributed by atoms with E-state index in [0.29, 0.717) is 33.3 Å². The number of aryl methyl sites for hydroxylation is 1. The molecule has 1 fully saturated rings. The average Bonchev–Trinajstić information content (AvgIpc) is 3.58. The van der Waals surface area contributed by atoms with Crippen LogP contribution in [0.3, 0.4) is 0 Å². The molecule has 1 aliphatic heterocycles. The highest BCUT2D eigenvalue weighted by Gasteiger charge is 2.33. The number of pyridine rings is 2.